The molecule has 1 aliphatic carbocycles. The average molecular weight is 282 g/mol. The van der Waals surface area contributed by atoms with Crippen molar-refractivity contribution < 1.29 is 14.7 Å². The van der Waals surface area contributed by atoms with Crippen LogP contribution in [-0.4, -0.2) is 59.5 Å². The fraction of sp³-hybridized carbons (Fsp3) is 0.867. The lowest BCUT2D eigenvalue weighted by Gasteiger charge is -2.40. The van der Waals surface area contributed by atoms with E-state index in [2.05, 4.69) is 25.8 Å². The molecule has 0 radical (unpaired) electrons. The summed E-state index contributed by atoms with van der Waals surface area (Å²) in [5, 5.41) is 9.37. The average Bonchev–Trinajstić information content (AvgIpc) is 2.82. The van der Waals surface area contributed by atoms with Gasteiger partial charge in [0.15, 0.2) is 0 Å². The Morgan fingerprint density at radius 1 is 1.20 bits per heavy atom. The van der Waals surface area contributed by atoms with Crippen molar-refractivity contribution in [3.8, 4) is 0 Å². The number of rotatable bonds is 3. The van der Waals surface area contributed by atoms with Gasteiger partial charge in [0.2, 0.25) is 5.91 Å². The molecule has 0 spiro atoms. The molecule has 2 aliphatic rings. The van der Waals surface area contributed by atoms with Crippen LogP contribution >= 0.6 is 0 Å². The van der Waals surface area contributed by atoms with E-state index < -0.39 is 11.9 Å². The first-order valence-electron chi connectivity index (χ1n) is 7.65. The maximum absolute atomic E-state index is 12.7. The molecule has 0 bridgehead atoms. The van der Waals surface area contributed by atoms with Crippen LogP contribution in [0.15, 0.2) is 0 Å². The van der Waals surface area contributed by atoms with Gasteiger partial charge in [-0.15, -0.1) is 0 Å². The zero-order valence-corrected chi connectivity index (χ0v) is 12.7. The molecular formula is C15H26N2O3. The number of amides is 1. The summed E-state index contributed by atoms with van der Waals surface area (Å²) in [4.78, 5) is 28.3. The van der Waals surface area contributed by atoms with Crippen LogP contribution < -0.4 is 0 Å². The lowest BCUT2D eigenvalue weighted by atomic mass is 9.94. The second kappa shape index (κ2) is 6.12. The van der Waals surface area contributed by atoms with E-state index in [0.29, 0.717) is 12.3 Å². The number of carboxylic acids is 1. The molecule has 114 valence electrons. The van der Waals surface area contributed by atoms with Crippen LogP contribution in [0.25, 0.3) is 0 Å². The highest BCUT2D eigenvalue weighted by molar-refractivity contribution is 5.85. The molecule has 0 aromatic heterocycles. The van der Waals surface area contributed by atoms with E-state index >= 15 is 0 Å². The Kier molecular flexibility index (Phi) is 4.68. The number of hydrogen-bond donors (Lipinski definition) is 1. The Hall–Kier alpha value is -1.10. The zero-order valence-electron chi connectivity index (χ0n) is 12.7. The summed E-state index contributed by atoms with van der Waals surface area (Å²) in [5.74, 6) is -1.16. The smallest absolute Gasteiger partial charge is 0.307 e. The van der Waals surface area contributed by atoms with Gasteiger partial charge in [0.25, 0.3) is 0 Å². The van der Waals surface area contributed by atoms with Gasteiger partial charge in [-0.2, -0.15) is 0 Å². The molecule has 5 nitrogen and oxygen atoms in total. The van der Waals surface area contributed by atoms with Gasteiger partial charge in [-0.3, -0.25) is 9.59 Å². The lowest BCUT2D eigenvalue weighted by molar-refractivity contribution is -0.151. The van der Waals surface area contributed by atoms with Gasteiger partial charge in [0, 0.05) is 25.7 Å². The van der Waals surface area contributed by atoms with Gasteiger partial charge in [0.05, 0.1) is 11.8 Å². The molecule has 20 heavy (non-hydrogen) atoms. The normalized spacial score (nSPS) is 35.2. The third-order valence-electron chi connectivity index (χ3n) is 4.99. The van der Waals surface area contributed by atoms with Crippen LogP contribution in [0.2, 0.25) is 0 Å². The van der Waals surface area contributed by atoms with Crippen LogP contribution in [0.5, 0.6) is 0 Å². The van der Waals surface area contributed by atoms with Crippen molar-refractivity contribution in [3.05, 3.63) is 0 Å². The number of piperazine rings is 1. The molecular weight excluding hydrogens is 256 g/mol. The standard InChI is InChI=1S/C15H26N2O3/c1-4-11-7-12(13(8-11)15(19)20)14(18)17-6-5-16(3)9-10(17)2/h10-13H,4-9H2,1-3H3,(H,19,20)/t10?,11?,12-,13+/m0/s1. The molecule has 1 saturated carbocycles. The second-order valence-electron chi connectivity index (χ2n) is 6.44. The topological polar surface area (TPSA) is 60.9 Å². The summed E-state index contributed by atoms with van der Waals surface area (Å²) >= 11 is 0. The SMILES string of the molecule is CCC1C[C@H](C(=O)N2CCN(C)CC2C)[C@H](C(=O)O)C1. The quantitative estimate of drug-likeness (QED) is 0.847. The fourth-order valence-electron chi connectivity index (χ4n) is 3.70. The molecule has 5 heteroatoms. The van der Waals surface area contributed by atoms with Gasteiger partial charge in [-0.1, -0.05) is 13.3 Å². The Bertz CT molecular complexity index is 385. The first-order chi connectivity index (χ1) is 9.43. The molecule has 1 heterocycles. The summed E-state index contributed by atoms with van der Waals surface area (Å²) in [7, 11) is 2.06. The maximum atomic E-state index is 12.7. The Morgan fingerprint density at radius 2 is 1.85 bits per heavy atom. The van der Waals surface area contributed by atoms with Gasteiger partial charge >= 0.3 is 5.97 Å². The van der Waals surface area contributed by atoms with Gasteiger partial charge < -0.3 is 14.9 Å². The molecule has 2 fully saturated rings. The predicted molar refractivity (Wildman–Crippen MR) is 76.3 cm³/mol. The molecule has 2 rings (SSSR count). The minimum Gasteiger partial charge on any atom is -0.481 e. The highest BCUT2D eigenvalue weighted by atomic mass is 16.4. The first kappa shape index (κ1) is 15.3. The summed E-state index contributed by atoms with van der Waals surface area (Å²) < 4.78 is 0. The third-order valence-corrected chi connectivity index (χ3v) is 4.99. The van der Waals surface area contributed by atoms with E-state index in [1.807, 2.05) is 4.90 Å². The number of hydrogen-bond acceptors (Lipinski definition) is 3. The summed E-state index contributed by atoms with van der Waals surface area (Å²) in [5.41, 5.74) is 0. The van der Waals surface area contributed by atoms with E-state index in [9.17, 15) is 14.7 Å². The summed E-state index contributed by atoms with van der Waals surface area (Å²) in [6.07, 6.45) is 2.36. The van der Waals surface area contributed by atoms with E-state index in [1.165, 1.54) is 0 Å². The molecule has 4 atom stereocenters. The van der Waals surface area contributed by atoms with Crippen molar-refractivity contribution in [3.63, 3.8) is 0 Å². The predicted octanol–water partition coefficient (Wildman–Crippen LogP) is 1.29. The highest BCUT2D eigenvalue weighted by Crippen LogP contribution is 2.39. The van der Waals surface area contributed by atoms with E-state index in [-0.39, 0.29) is 17.9 Å². The molecule has 1 aliphatic heterocycles. The molecule has 1 saturated heterocycles. The third kappa shape index (κ3) is 2.97. The van der Waals surface area contributed by atoms with Gasteiger partial charge in [0.1, 0.15) is 0 Å². The summed E-state index contributed by atoms with van der Waals surface area (Å²) in [6, 6.07) is 0.177. The molecule has 0 aromatic carbocycles. The summed E-state index contributed by atoms with van der Waals surface area (Å²) in [6.45, 7) is 6.59. The largest absolute Gasteiger partial charge is 0.481 e. The highest BCUT2D eigenvalue weighted by Gasteiger charge is 2.44. The molecule has 2 unspecified atom stereocenters. The molecule has 1 amide bonds. The minimum absolute atomic E-state index is 0.0638. The maximum Gasteiger partial charge on any atom is 0.307 e. The van der Waals surface area contributed by atoms with Crippen molar-refractivity contribution in [2.45, 2.75) is 39.2 Å². The number of likely N-dealkylation sites (N-methyl/N-ethyl adjacent to an activating group) is 1. The van der Waals surface area contributed by atoms with Crippen molar-refractivity contribution in [2.75, 3.05) is 26.7 Å². The van der Waals surface area contributed by atoms with Crippen molar-refractivity contribution in [1.82, 2.24) is 9.80 Å². The molecule has 1 N–H and O–H groups in total. The van der Waals surface area contributed by atoms with E-state index in [1.54, 1.807) is 0 Å². The lowest BCUT2D eigenvalue weighted by Crippen LogP contribution is -2.54. The Labute approximate surface area is 120 Å². The zero-order chi connectivity index (χ0) is 14.9. The van der Waals surface area contributed by atoms with Gasteiger partial charge in [-0.05, 0) is 32.7 Å². The van der Waals surface area contributed by atoms with Crippen molar-refractivity contribution in [2.24, 2.45) is 17.8 Å². The van der Waals surface area contributed by atoms with Crippen LogP contribution in [0, 0.1) is 17.8 Å². The number of carbonyl (C=O) groups is 2. The second-order valence-corrected chi connectivity index (χ2v) is 6.44. The Balaban J connectivity index is 2.08. The van der Waals surface area contributed by atoms with Crippen LogP contribution in [0.4, 0.5) is 0 Å². The fourth-order valence-corrected chi connectivity index (χ4v) is 3.70. The van der Waals surface area contributed by atoms with Crippen LogP contribution in [-0.2, 0) is 9.59 Å². The van der Waals surface area contributed by atoms with Crippen LogP contribution in [0.3, 0.4) is 0 Å². The number of carboxylic acid groups (broad SMARTS) is 1. The van der Waals surface area contributed by atoms with Crippen LogP contribution in [0.1, 0.15) is 33.1 Å². The molecule has 0 aromatic rings. The number of nitrogens with zero attached hydrogens (tertiary/aromatic N) is 2. The first-order valence-corrected chi connectivity index (χ1v) is 7.65. The van der Waals surface area contributed by atoms with Crippen molar-refractivity contribution >= 4 is 11.9 Å². The number of aliphatic carboxylic acids is 1. The number of carbonyl (C=O) groups excluding carboxylic acids is 1. The monoisotopic (exact) mass is 282 g/mol. The van der Waals surface area contributed by atoms with Gasteiger partial charge in [-0.25, -0.2) is 0 Å². The van der Waals surface area contributed by atoms with E-state index in [0.717, 1.165) is 32.5 Å². The van der Waals surface area contributed by atoms with E-state index in [4.69, 9.17) is 0 Å². The minimum atomic E-state index is -0.805. The van der Waals surface area contributed by atoms with Crippen molar-refractivity contribution in [1.29, 1.82) is 0 Å². The Morgan fingerprint density at radius 3 is 2.40 bits per heavy atom.